The average molecular weight is 379 g/mol. The molecule has 0 aliphatic heterocycles. The highest BCUT2D eigenvalue weighted by Gasteiger charge is 2.40. The Bertz CT molecular complexity index is 1070. The van der Waals surface area contributed by atoms with Gasteiger partial charge in [0.15, 0.2) is 17.2 Å². The van der Waals surface area contributed by atoms with Gasteiger partial charge in [-0.3, -0.25) is 5.10 Å². The molecule has 8 nitrogen and oxygen atoms in total. The number of ether oxygens (including phenoxy) is 1. The second-order valence-electron chi connectivity index (χ2n) is 6.91. The van der Waals surface area contributed by atoms with Gasteiger partial charge in [-0.15, -0.1) is 0 Å². The second kappa shape index (κ2) is 7.05. The van der Waals surface area contributed by atoms with E-state index in [2.05, 4.69) is 20.5 Å². The number of carbonyl (C=O) groups is 1. The molecule has 0 saturated heterocycles. The number of aromatic amines is 1. The topological polar surface area (TPSA) is 113 Å². The summed E-state index contributed by atoms with van der Waals surface area (Å²) in [6, 6.07) is 9.65. The molecular weight excluding hydrogens is 358 g/mol. The molecule has 1 aliphatic carbocycles. The number of methoxy groups -OCH3 is 1. The van der Waals surface area contributed by atoms with Crippen molar-refractivity contribution in [1.29, 1.82) is 0 Å². The molecule has 1 aromatic carbocycles. The molecule has 0 radical (unpaired) electrons. The third-order valence-corrected chi connectivity index (χ3v) is 5.10. The maximum Gasteiger partial charge on any atom is 0.336 e. The van der Waals surface area contributed by atoms with E-state index in [1.165, 1.54) is 7.11 Å². The van der Waals surface area contributed by atoms with Gasteiger partial charge in [-0.1, -0.05) is 18.2 Å². The average Bonchev–Trinajstić information content (AvgIpc) is 3.12. The highest BCUT2D eigenvalue weighted by atomic mass is 16.5. The summed E-state index contributed by atoms with van der Waals surface area (Å²) < 4.78 is 5.29. The van der Waals surface area contributed by atoms with E-state index >= 15 is 0 Å². The Morgan fingerprint density at radius 2 is 2.14 bits per heavy atom. The molecule has 0 bridgehead atoms. The molecule has 2 heterocycles. The Morgan fingerprint density at radius 1 is 1.32 bits per heavy atom. The first-order chi connectivity index (χ1) is 13.5. The normalized spacial score (nSPS) is 19.4. The molecule has 8 heteroatoms. The number of aryl methyl sites for hydroxylation is 1. The number of allylic oxidation sites excluding steroid dienone is 1. The van der Waals surface area contributed by atoms with Gasteiger partial charge in [0.05, 0.1) is 5.52 Å². The van der Waals surface area contributed by atoms with Gasteiger partial charge in [-0.05, 0) is 37.5 Å². The second-order valence-corrected chi connectivity index (χ2v) is 6.91. The summed E-state index contributed by atoms with van der Waals surface area (Å²) in [5, 5.41) is 20.8. The quantitative estimate of drug-likeness (QED) is 0.622. The fraction of sp³-hybridized carbons (Fsp3) is 0.300. The van der Waals surface area contributed by atoms with Crippen molar-refractivity contribution in [3.8, 4) is 0 Å². The van der Waals surface area contributed by atoms with Crippen molar-refractivity contribution in [2.24, 2.45) is 0 Å². The molecule has 0 spiro atoms. The number of benzene rings is 1. The van der Waals surface area contributed by atoms with Crippen LogP contribution in [0.2, 0.25) is 0 Å². The molecular formula is C20H21N5O3. The van der Waals surface area contributed by atoms with Crippen LogP contribution in [0.4, 0.5) is 11.6 Å². The molecule has 28 heavy (non-hydrogen) atoms. The van der Waals surface area contributed by atoms with Gasteiger partial charge in [0.25, 0.3) is 0 Å². The highest BCUT2D eigenvalue weighted by Crippen LogP contribution is 2.35. The van der Waals surface area contributed by atoms with Gasteiger partial charge in [-0.2, -0.15) is 5.10 Å². The zero-order chi connectivity index (χ0) is 19.7. The number of H-pyrrole nitrogens is 1. The maximum absolute atomic E-state index is 11.6. The van der Waals surface area contributed by atoms with Crippen LogP contribution in [0.15, 0.2) is 36.4 Å². The summed E-state index contributed by atoms with van der Waals surface area (Å²) in [6.45, 7) is 1.93. The van der Waals surface area contributed by atoms with Crippen molar-refractivity contribution >= 4 is 34.1 Å². The van der Waals surface area contributed by atoms with Crippen LogP contribution in [-0.4, -0.2) is 44.0 Å². The Balaban J connectivity index is 1.73. The number of anilines is 2. The maximum atomic E-state index is 11.6. The smallest absolute Gasteiger partial charge is 0.336 e. The molecule has 4 rings (SSSR count). The monoisotopic (exact) mass is 379 g/mol. The van der Waals surface area contributed by atoms with Crippen LogP contribution in [0.5, 0.6) is 0 Å². The van der Waals surface area contributed by atoms with E-state index in [-0.39, 0.29) is 6.42 Å². The molecule has 1 atom stereocenters. The Hall–Kier alpha value is -3.26. The first-order valence-corrected chi connectivity index (χ1v) is 9.04. The van der Waals surface area contributed by atoms with Gasteiger partial charge < -0.3 is 15.2 Å². The molecule has 2 aromatic heterocycles. The lowest BCUT2D eigenvalue weighted by Gasteiger charge is -2.30. The van der Waals surface area contributed by atoms with Gasteiger partial charge >= 0.3 is 5.97 Å². The van der Waals surface area contributed by atoms with Crippen molar-refractivity contribution in [2.75, 3.05) is 12.4 Å². The number of hydrogen-bond donors (Lipinski definition) is 3. The Morgan fingerprint density at radius 3 is 2.79 bits per heavy atom. The molecule has 0 fully saturated rings. The van der Waals surface area contributed by atoms with E-state index in [0.717, 1.165) is 22.2 Å². The summed E-state index contributed by atoms with van der Waals surface area (Å²) in [7, 11) is 1.44. The van der Waals surface area contributed by atoms with Crippen LogP contribution in [0, 0.1) is 6.92 Å². The zero-order valence-electron chi connectivity index (χ0n) is 15.7. The number of para-hydroxylation sites is 1. The van der Waals surface area contributed by atoms with Crippen molar-refractivity contribution in [3.05, 3.63) is 47.9 Å². The zero-order valence-corrected chi connectivity index (χ0v) is 15.7. The third-order valence-electron chi connectivity index (χ3n) is 5.10. The molecule has 1 aliphatic rings. The number of aliphatic carboxylic acids is 1. The number of nitrogens with zero attached hydrogens (tertiary/aromatic N) is 3. The SMILES string of the molecule is COC1(C(=O)O)CC=C(c2nc(Nc3cc(C)[nH]n3)c3ccccc3n2)CC1. The van der Waals surface area contributed by atoms with Gasteiger partial charge in [-0.25, -0.2) is 14.8 Å². The minimum absolute atomic E-state index is 0.283. The lowest BCUT2D eigenvalue weighted by atomic mass is 9.85. The number of aromatic nitrogens is 4. The molecule has 0 saturated carbocycles. The molecule has 3 N–H and O–H groups in total. The number of carboxylic acids is 1. The Labute approximate surface area is 161 Å². The molecule has 144 valence electrons. The van der Waals surface area contributed by atoms with Crippen LogP contribution in [0.25, 0.3) is 16.5 Å². The molecule has 3 aromatic rings. The summed E-state index contributed by atoms with van der Waals surface area (Å²) in [4.78, 5) is 21.0. The first-order valence-electron chi connectivity index (χ1n) is 9.04. The van der Waals surface area contributed by atoms with E-state index < -0.39 is 11.6 Å². The molecule has 1 unspecified atom stereocenters. The van der Waals surface area contributed by atoms with Crippen molar-refractivity contribution in [3.63, 3.8) is 0 Å². The lowest BCUT2D eigenvalue weighted by molar-refractivity contribution is -0.163. The van der Waals surface area contributed by atoms with Crippen LogP contribution >= 0.6 is 0 Å². The van der Waals surface area contributed by atoms with Crippen molar-refractivity contribution in [1.82, 2.24) is 20.2 Å². The number of rotatable bonds is 5. The van der Waals surface area contributed by atoms with E-state index in [0.29, 0.717) is 30.3 Å². The van der Waals surface area contributed by atoms with Crippen LogP contribution in [-0.2, 0) is 9.53 Å². The van der Waals surface area contributed by atoms with E-state index in [4.69, 9.17) is 9.72 Å². The predicted molar refractivity (Wildman–Crippen MR) is 105 cm³/mol. The largest absolute Gasteiger partial charge is 0.479 e. The fourth-order valence-electron chi connectivity index (χ4n) is 3.42. The highest BCUT2D eigenvalue weighted by molar-refractivity contribution is 5.91. The van der Waals surface area contributed by atoms with E-state index in [1.54, 1.807) is 0 Å². The summed E-state index contributed by atoms with van der Waals surface area (Å²) in [6.07, 6.45) is 3.06. The number of carboxylic acid groups (broad SMARTS) is 1. The number of hydrogen-bond acceptors (Lipinski definition) is 6. The number of nitrogens with one attached hydrogen (secondary N) is 2. The van der Waals surface area contributed by atoms with Crippen molar-refractivity contribution in [2.45, 2.75) is 31.8 Å². The van der Waals surface area contributed by atoms with Gasteiger partial charge in [0.2, 0.25) is 0 Å². The first kappa shape index (κ1) is 18.1. The van der Waals surface area contributed by atoms with E-state index in [1.807, 2.05) is 43.3 Å². The Kier molecular flexibility index (Phi) is 4.56. The summed E-state index contributed by atoms with van der Waals surface area (Å²) in [5.41, 5.74) is 1.50. The minimum Gasteiger partial charge on any atom is -0.479 e. The van der Waals surface area contributed by atoms with Crippen molar-refractivity contribution < 1.29 is 14.6 Å². The van der Waals surface area contributed by atoms with Gasteiger partial charge in [0.1, 0.15) is 5.82 Å². The van der Waals surface area contributed by atoms with Crippen LogP contribution in [0.1, 0.15) is 30.8 Å². The minimum atomic E-state index is -1.17. The fourth-order valence-corrected chi connectivity index (χ4v) is 3.42. The summed E-state index contributed by atoms with van der Waals surface area (Å²) >= 11 is 0. The van der Waals surface area contributed by atoms with E-state index in [9.17, 15) is 9.90 Å². The van der Waals surface area contributed by atoms with Crippen LogP contribution < -0.4 is 5.32 Å². The summed E-state index contributed by atoms with van der Waals surface area (Å²) in [5.74, 6) is 0.980. The van der Waals surface area contributed by atoms with Gasteiger partial charge in [0, 0.05) is 30.7 Å². The number of fused-ring (bicyclic) bond motifs is 1. The molecule has 0 amide bonds. The van der Waals surface area contributed by atoms with Crippen LogP contribution in [0.3, 0.4) is 0 Å². The predicted octanol–water partition coefficient (Wildman–Crippen LogP) is 3.44. The standard InChI is InChI=1S/C20H21N5O3/c1-12-11-16(25-24-12)22-18-14-5-3-4-6-15(14)21-17(23-18)13-7-9-20(28-2,10-8-13)19(26)27/h3-7,11H,8-10H2,1-2H3,(H,26,27)(H2,21,22,23,24,25). The lowest BCUT2D eigenvalue weighted by Crippen LogP contribution is -2.41. The third kappa shape index (κ3) is 3.22.